The number of rotatable bonds is 3. The number of fused-ring (bicyclic) bond motifs is 2. The Morgan fingerprint density at radius 3 is 2.76 bits per heavy atom. The second-order valence-corrected chi connectivity index (χ2v) is 6.50. The number of nitrogens with zero attached hydrogens (tertiary/aromatic N) is 1. The molecule has 1 heterocycles. The van der Waals surface area contributed by atoms with Gasteiger partial charge in [0, 0.05) is 31.5 Å². The van der Waals surface area contributed by atoms with Gasteiger partial charge in [-0.2, -0.15) is 0 Å². The number of ketones is 1. The molecule has 4 unspecified atom stereocenters. The van der Waals surface area contributed by atoms with Gasteiger partial charge in [-0.05, 0) is 43.9 Å². The number of hydrogen-bond acceptors (Lipinski definition) is 2. The maximum atomic E-state index is 12.0. The summed E-state index contributed by atoms with van der Waals surface area (Å²) in [7, 11) is 0. The van der Waals surface area contributed by atoms with Crippen molar-refractivity contribution >= 4 is 5.78 Å². The molecule has 2 heteroatoms. The van der Waals surface area contributed by atoms with E-state index in [2.05, 4.69) is 11.8 Å². The molecule has 3 rings (SSSR count). The van der Waals surface area contributed by atoms with Gasteiger partial charge in [-0.15, -0.1) is 0 Å². The minimum Gasteiger partial charge on any atom is -0.299 e. The molecule has 1 saturated heterocycles. The Morgan fingerprint density at radius 1 is 1.24 bits per heavy atom. The third-order valence-corrected chi connectivity index (χ3v) is 5.43. The molecule has 0 radical (unpaired) electrons. The highest BCUT2D eigenvalue weighted by atomic mass is 16.1. The Morgan fingerprint density at radius 2 is 2.12 bits per heavy atom. The Bertz CT molecular complexity index is 301. The van der Waals surface area contributed by atoms with Crippen molar-refractivity contribution < 1.29 is 4.79 Å². The molecule has 0 N–H and O–H groups in total. The quantitative estimate of drug-likeness (QED) is 0.749. The standard InChI is InChI=1S/C15H25NO/c1-2-11-4-6-15(17)13(7-11)10-16-9-12-3-5-14(16)8-12/h11-14H,2-10H2,1H3. The molecule has 3 fully saturated rings. The topological polar surface area (TPSA) is 20.3 Å². The Labute approximate surface area is 105 Å². The molecule has 4 atom stereocenters. The molecule has 0 aromatic carbocycles. The van der Waals surface area contributed by atoms with E-state index in [1.807, 2.05) is 0 Å². The zero-order valence-corrected chi connectivity index (χ0v) is 11.0. The smallest absolute Gasteiger partial charge is 0.137 e. The van der Waals surface area contributed by atoms with E-state index in [9.17, 15) is 4.79 Å². The zero-order chi connectivity index (χ0) is 11.8. The summed E-state index contributed by atoms with van der Waals surface area (Å²) in [5, 5.41) is 0. The predicted molar refractivity (Wildman–Crippen MR) is 68.8 cm³/mol. The van der Waals surface area contributed by atoms with E-state index in [-0.39, 0.29) is 0 Å². The number of piperidine rings is 1. The van der Waals surface area contributed by atoms with Gasteiger partial charge in [0.05, 0.1) is 0 Å². The van der Waals surface area contributed by atoms with Gasteiger partial charge in [0.15, 0.2) is 0 Å². The molecule has 17 heavy (non-hydrogen) atoms. The monoisotopic (exact) mass is 235 g/mol. The van der Waals surface area contributed by atoms with Gasteiger partial charge < -0.3 is 0 Å². The summed E-state index contributed by atoms with van der Waals surface area (Å²) in [6.07, 6.45) is 8.68. The molecule has 0 aromatic rings. The van der Waals surface area contributed by atoms with Crippen LogP contribution in [0, 0.1) is 17.8 Å². The van der Waals surface area contributed by atoms with Gasteiger partial charge in [0.25, 0.3) is 0 Å². The molecule has 0 spiro atoms. The normalized spacial score (nSPS) is 42.3. The average Bonchev–Trinajstić information content (AvgIpc) is 2.94. The van der Waals surface area contributed by atoms with Crippen LogP contribution in [0.4, 0.5) is 0 Å². The van der Waals surface area contributed by atoms with Crippen LogP contribution in [0.2, 0.25) is 0 Å². The molecule has 0 amide bonds. The first-order valence-electron chi connectivity index (χ1n) is 7.53. The van der Waals surface area contributed by atoms with Crippen LogP contribution in [-0.4, -0.2) is 29.8 Å². The molecule has 3 aliphatic rings. The number of likely N-dealkylation sites (tertiary alicyclic amines) is 1. The SMILES string of the molecule is CCC1CCC(=O)C(CN2CC3CCC2C3)C1. The first-order chi connectivity index (χ1) is 8.26. The molecule has 2 nitrogen and oxygen atoms in total. The maximum Gasteiger partial charge on any atom is 0.137 e. The van der Waals surface area contributed by atoms with E-state index in [0.29, 0.717) is 11.7 Å². The van der Waals surface area contributed by atoms with Gasteiger partial charge >= 0.3 is 0 Å². The lowest BCUT2D eigenvalue weighted by Gasteiger charge is -2.34. The summed E-state index contributed by atoms with van der Waals surface area (Å²) < 4.78 is 0. The Balaban J connectivity index is 1.58. The van der Waals surface area contributed by atoms with Gasteiger partial charge in [0.1, 0.15) is 5.78 Å². The van der Waals surface area contributed by atoms with Crippen molar-refractivity contribution in [3.05, 3.63) is 0 Å². The molecular formula is C15H25NO. The average molecular weight is 235 g/mol. The lowest BCUT2D eigenvalue weighted by Crippen LogP contribution is -2.40. The third kappa shape index (κ3) is 2.29. The summed E-state index contributed by atoms with van der Waals surface area (Å²) in [5.41, 5.74) is 0. The summed E-state index contributed by atoms with van der Waals surface area (Å²) in [6, 6.07) is 0.829. The summed E-state index contributed by atoms with van der Waals surface area (Å²) in [4.78, 5) is 14.7. The van der Waals surface area contributed by atoms with Crippen molar-refractivity contribution in [1.29, 1.82) is 0 Å². The largest absolute Gasteiger partial charge is 0.299 e. The van der Waals surface area contributed by atoms with E-state index in [0.717, 1.165) is 37.3 Å². The lowest BCUT2D eigenvalue weighted by atomic mass is 9.79. The van der Waals surface area contributed by atoms with Crippen molar-refractivity contribution in [3.8, 4) is 0 Å². The summed E-state index contributed by atoms with van der Waals surface area (Å²) in [5.74, 6) is 2.70. The van der Waals surface area contributed by atoms with Crippen LogP contribution >= 0.6 is 0 Å². The second-order valence-electron chi connectivity index (χ2n) is 6.50. The second kappa shape index (κ2) is 4.72. The van der Waals surface area contributed by atoms with E-state index in [1.54, 1.807) is 0 Å². The molecule has 2 saturated carbocycles. The minimum absolute atomic E-state index is 0.369. The van der Waals surface area contributed by atoms with Crippen LogP contribution in [0.15, 0.2) is 0 Å². The minimum atomic E-state index is 0.369. The number of carbonyl (C=O) groups excluding carboxylic acids is 1. The Hall–Kier alpha value is -0.370. The van der Waals surface area contributed by atoms with Gasteiger partial charge in [0.2, 0.25) is 0 Å². The number of Topliss-reactive ketones (excluding diaryl/α,β-unsaturated/α-hetero) is 1. The highest BCUT2D eigenvalue weighted by Gasteiger charge is 2.40. The van der Waals surface area contributed by atoms with Gasteiger partial charge in [-0.1, -0.05) is 13.3 Å². The third-order valence-electron chi connectivity index (χ3n) is 5.43. The van der Waals surface area contributed by atoms with E-state index in [1.165, 1.54) is 38.6 Å². The van der Waals surface area contributed by atoms with E-state index >= 15 is 0 Å². The zero-order valence-electron chi connectivity index (χ0n) is 11.0. The fraction of sp³-hybridized carbons (Fsp3) is 0.933. The Kier molecular flexibility index (Phi) is 3.25. The van der Waals surface area contributed by atoms with Crippen LogP contribution in [0.1, 0.15) is 51.9 Å². The number of hydrogen-bond donors (Lipinski definition) is 0. The van der Waals surface area contributed by atoms with Crippen LogP contribution in [0.25, 0.3) is 0 Å². The van der Waals surface area contributed by atoms with Crippen LogP contribution in [-0.2, 0) is 4.79 Å². The highest BCUT2D eigenvalue weighted by molar-refractivity contribution is 5.82. The van der Waals surface area contributed by atoms with Crippen molar-refractivity contribution in [2.75, 3.05) is 13.1 Å². The molecular weight excluding hydrogens is 210 g/mol. The van der Waals surface area contributed by atoms with Gasteiger partial charge in [-0.3, -0.25) is 9.69 Å². The molecule has 2 bridgehead atoms. The molecule has 96 valence electrons. The van der Waals surface area contributed by atoms with Gasteiger partial charge in [-0.25, -0.2) is 0 Å². The highest BCUT2D eigenvalue weighted by Crippen LogP contribution is 2.39. The van der Waals surface area contributed by atoms with Crippen molar-refractivity contribution in [3.63, 3.8) is 0 Å². The fourth-order valence-corrected chi connectivity index (χ4v) is 4.28. The maximum absolute atomic E-state index is 12.0. The lowest BCUT2D eigenvalue weighted by molar-refractivity contribution is -0.126. The van der Waals surface area contributed by atoms with E-state index < -0.39 is 0 Å². The van der Waals surface area contributed by atoms with Crippen molar-refractivity contribution in [1.82, 2.24) is 4.90 Å². The first-order valence-corrected chi connectivity index (χ1v) is 7.53. The van der Waals surface area contributed by atoms with Crippen molar-refractivity contribution in [2.45, 2.75) is 57.9 Å². The molecule has 2 aliphatic carbocycles. The van der Waals surface area contributed by atoms with E-state index in [4.69, 9.17) is 0 Å². The first kappa shape index (κ1) is 11.7. The summed E-state index contributed by atoms with van der Waals surface area (Å²) >= 11 is 0. The van der Waals surface area contributed by atoms with Crippen LogP contribution in [0.5, 0.6) is 0 Å². The van der Waals surface area contributed by atoms with Crippen molar-refractivity contribution in [2.24, 2.45) is 17.8 Å². The molecule has 0 aromatic heterocycles. The molecule has 1 aliphatic heterocycles. The number of carbonyl (C=O) groups is 1. The summed E-state index contributed by atoms with van der Waals surface area (Å²) in [6.45, 7) is 4.64. The van der Waals surface area contributed by atoms with Crippen LogP contribution < -0.4 is 0 Å². The van der Waals surface area contributed by atoms with Crippen LogP contribution in [0.3, 0.4) is 0 Å². The fourth-order valence-electron chi connectivity index (χ4n) is 4.28. The predicted octanol–water partition coefficient (Wildman–Crippen LogP) is 2.87.